The molecule has 1 heterocycles. The Hall–Kier alpha value is -1.86. The molecule has 0 fully saturated rings. The van der Waals surface area contributed by atoms with Crippen LogP contribution >= 0.6 is 11.6 Å². The number of rotatable bonds is 6. The van der Waals surface area contributed by atoms with Gasteiger partial charge in [0.1, 0.15) is 0 Å². The Labute approximate surface area is 134 Å². The average Bonchev–Trinajstić information content (AvgIpc) is 2.41. The van der Waals surface area contributed by atoms with Gasteiger partial charge in [-0.3, -0.25) is 0 Å². The van der Waals surface area contributed by atoms with E-state index in [0.717, 1.165) is 0 Å². The smallest absolute Gasteiger partial charge is 0.322 e. The minimum Gasteiger partial charge on any atom is -0.420 e. The first-order valence-electron chi connectivity index (χ1n) is 6.52. The van der Waals surface area contributed by atoms with Crippen molar-refractivity contribution in [3.8, 4) is 17.5 Å². The van der Waals surface area contributed by atoms with Crippen LogP contribution < -0.4 is 8.92 Å². The van der Waals surface area contributed by atoms with Gasteiger partial charge in [0, 0.05) is 0 Å². The maximum Gasteiger partial charge on any atom is 0.322 e. The van der Waals surface area contributed by atoms with Crippen molar-refractivity contribution in [1.82, 2.24) is 9.97 Å². The minimum atomic E-state index is -3.70. The van der Waals surface area contributed by atoms with Gasteiger partial charge in [-0.15, -0.1) is 0 Å². The summed E-state index contributed by atoms with van der Waals surface area (Å²) in [6.07, 6.45) is 2.76. The fourth-order valence-corrected chi connectivity index (χ4v) is 3.03. The molecule has 0 aliphatic rings. The lowest BCUT2D eigenvalue weighted by Gasteiger charge is -2.12. The lowest BCUT2D eigenvalue weighted by Crippen LogP contribution is -2.17. The van der Waals surface area contributed by atoms with Crippen molar-refractivity contribution in [2.45, 2.75) is 13.8 Å². The lowest BCUT2D eigenvalue weighted by atomic mass is 10.3. The standard InChI is InChI=1S/C14H15ClN2O4S/c1-10(2)9-22(18,19)21-13-6-4-3-5-12(13)20-14-16-7-11(15)8-17-14/h3-8,10H,9H2,1-2H3. The molecule has 0 saturated heterocycles. The van der Waals surface area contributed by atoms with Crippen molar-refractivity contribution in [2.75, 3.05) is 5.75 Å². The zero-order chi connectivity index (χ0) is 16.2. The molecule has 6 nitrogen and oxygen atoms in total. The Bertz CT molecular complexity index is 733. The Morgan fingerprint density at radius 3 is 2.32 bits per heavy atom. The summed E-state index contributed by atoms with van der Waals surface area (Å²) in [7, 11) is -3.70. The normalized spacial score (nSPS) is 11.5. The quantitative estimate of drug-likeness (QED) is 0.749. The summed E-state index contributed by atoms with van der Waals surface area (Å²) >= 11 is 5.70. The summed E-state index contributed by atoms with van der Waals surface area (Å²) < 4.78 is 34.4. The van der Waals surface area contributed by atoms with Crippen LogP contribution in [0.3, 0.4) is 0 Å². The lowest BCUT2D eigenvalue weighted by molar-refractivity contribution is 0.410. The molecule has 0 aliphatic carbocycles. The van der Waals surface area contributed by atoms with Crippen LogP contribution in [0.2, 0.25) is 5.02 Å². The first-order valence-corrected chi connectivity index (χ1v) is 8.48. The van der Waals surface area contributed by atoms with E-state index in [0.29, 0.717) is 5.02 Å². The van der Waals surface area contributed by atoms with E-state index in [4.69, 9.17) is 20.5 Å². The number of hydrogen-bond acceptors (Lipinski definition) is 6. The number of halogens is 1. The van der Waals surface area contributed by atoms with Gasteiger partial charge in [-0.2, -0.15) is 8.42 Å². The van der Waals surface area contributed by atoms with E-state index in [1.165, 1.54) is 18.5 Å². The van der Waals surface area contributed by atoms with Crippen molar-refractivity contribution < 1.29 is 17.3 Å². The molecular formula is C14H15ClN2O4S. The number of nitrogens with zero attached hydrogens (tertiary/aromatic N) is 2. The molecule has 0 aliphatic heterocycles. The highest BCUT2D eigenvalue weighted by atomic mass is 35.5. The van der Waals surface area contributed by atoms with Crippen LogP contribution in [0.5, 0.6) is 17.5 Å². The molecule has 0 atom stereocenters. The third kappa shape index (κ3) is 4.85. The van der Waals surface area contributed by atoms with Crippen LogP contribution in [-0.2, 0) is 10.1 Å². The number of hydrogen-bond donors (Lipinski definition) is 0. The molecule has 0 unspecified atom stereocenters. The van der Waals surface area contributed by atoms with Gasteiger partial charge in [-0.05, 0) is 18.1 Å². The predicted octanol–water partition coefficient (Wildman–Crippen LogP) is 3.29. The van der Waals surface area contributed by atoms with Gasteiger partial charge in [0.2, 0.25) is 0 Å². The zero-order valence-corrected chi connectivity index (χ0v) is 13.6. The number of ether oxygens (including phenoxy) is 1. The summed E-state index contributed by atoms with van der Waals surface area (Å²) in [5, 5.41) is 0.372. The van der Waals surface area contributed by atoms with E-state index in [2.05, 4.69) is 9.97 Å². The molecule has 0 bridgehead atoms. The van der Waals surface area contributed by atoms with Crippen LogP contribution in [0.1, 0.15) is 13.8 Å². The number of para-hydroxylation sites is 2. The van der Waals surface area contributed by atoms with Crippen LogP contribution in [0.15, 0.2) is 36.7 Å². The Morgan fingerprint density at radius 1 is 1.14 bits per heavy atom. The van der Waals surface area contributed by atoms with E-state index in [1.54, 1.807) is 32.0 Å². The van der Waals surface area contributed by atoms with Crippen molar-refractivity contribution in [3.63, 3.8) is 0 Å². The largest absolute Gasteiger partial charge is 0.420 e. The first kappa shape index (κ1) is 16.5. The molecule has 8 heteroatoms. The highest BCUT2D eigenvalue weighted by Gasteiger charge is 2.18. The molecule has 1 aromatic carbocycles. The molecular weight excluding hydrogens is 328 g/mol. The monoisotopic (exact) mass is 342 g/mol. The molecule has 0 spiro atoms. The molecule has 22 heavy (non-hydrogen) atoms. The average molecular weight is 343 g/mol. The van der Waals surface area contributed by atoms with Gasteiger partial charge in [0.25, 0.3) is 0 Å². The Balaban J connectivity index is 2.21. The van der Waals surface area contributed by atoms with Gasteiger partial charge in [-0.25, -0.2) is 9.97 Å². The Kier molecular flexibility index (Phi) is 5.20. The molecule has 0 radical (unpaired) electrons. The van der Waals surface area contributed by atoms with Gasteiger partial charge in [0.05, 0.1) is 23.2 Å². The van der Waals surface area contributed by atoms with Crippen molar-refractivity contribution in [3.05, 3.63) is 41.7 Å². The fraction of sp³-hybridized carbons (Fsp3) is 0.286. The summed E-state index contributed by atoms with van der Waals surface area (Å²) in [5.41, 5.74) is 0. The summed E-state index contributed by atoms with van der Waals surface area (Å²) in [5.74, 6) is 0.162. The highest BCUT2D eigenvalue weighted by Crippen LogP contribution is 2.31. The second kappa shape index (κ2) is 6.93. The van der Waals surface area contributed by atoms with Gasteiger partial charge in [0.15, 0.2) is 11.5 Å². The number of aromatic nitrogens is 2. The maximum absolute atomic E-state index is 11.9. The first-order chi connectivity index (χ1) is 10.4. The topological polar surface area (TPSA) is 78.4 Å². The molecule has 118 valence electrons. The van der Waals surface area contributed by atoms with Crippen LogP contribution in [-0.4, -0.2) is 24.1 Å². The highest BCUT2D eigenvalue weighted by molar-refractivity contribution is 7.87. The molecule has 2 aromatic rings. The Morgan fingerprint density at radius 2 is 1.73 bits per heavy atom. The van der Waals surface area contributed by atoms with Crippen LogP contribution in [0.4, 0.5) is 0 Å². The maximum atomic E-state index is 11.9. The van der Waals surface area contributed by atoms with E-state index in [1.807, 2.05) is 0 Å². The van der Waals surface area contributed by atoms with Gasteiger partial charge < -0.3 is 8.92 Å². The molecule has 0 amide bonds. The molecule has 1 aromatic heterocycles. The minimum absolute atomic E-state index is 0.0432. The summed E-state index contributed by atoms with van der Waals surface area (Å²) in [4.78, 5) is 7.78. The van der Waals surface area contributed by atoms with Crippen molar-refractivity contribution in [2.24, 2.45) is 5.92 Å². The summed E-state index contributed by atoms with van der Waals surface area (Å²) in [6, 6.07) is 6.45. The van der Waals surface area contributed by atoms with Crippen molar-refractivity contribution in [1.29, 1.82) is 0 Å². The third-order valence-electron chi connectivity index (χ3n) is 2.40. The summed E-state index contributed by atoms with van der Waals surface area (Å²) in [6.45, 7) is 3.59. The fourth-order valence-electron chi connectivity index (χ4n) is 1.63. The predicted molar refractivity (Wildman–Crippen MR) is 82.8 cm³/mol. The molecule has 2 rings (SSSR count). The van der Waals surface area contributed by atoms with E-state index < -0.39 is 10.1 Å². The zero-order valence-electron chi connectivity index (χ0n) is 12.1. The van der Waals surface area contributed by atoms with E-state index in [-0.39, 0.29) is 29.2 Å². The molecule has 0 N–H and O–H groups in total. The van der Waals surface area contributed by atoms with Gasteiger partial charge >= 0.3 is 16.1 Å². The van der Waals surface area contributed by atoms with E-state index >= 15 is 0 Å². The van der Waals surface area contributed by atoms with Crippen LogP contribution in [0, 0.1) is 5.92 Å². The SMILES string of the molecule is CC(C)CS(=O)(=O)Oc1ccccc1Oc1ncc(Cl)cn1. The van der Waals surface area contributed by atoms with Crippen molar-refractivity contribution >= 4 is 21.7 Å². The van der Waals surface area contributed by atoms with E-state index in [9.17, 15) is 8.42 Å². The second-order valence-electron chi connectivity index (χ2n) is 4.93. The second-order valence-corrected chi connectivity index (χ2v) is 6.99. The van der Waals surface area contributed by atoms with Gasteiger partial charge in [-0.1, -0.05) is 37.6 Å². The molecule has 0 saturated carbocycles. The van der Waals surface area contributed by atoms with Crippen LogP contribution in [0.25, 0.3) is 0 Å². The number of benzene rings is 1. The third-order valence-corrected chi connectivity index (χ3v) is 4.10.